The Hall–Kier alpha value is -2.96. The first-order valence-corrected chi connectivity index (χ1v) is 15.9. The van der Waals surface area contributed by atoms with Crippen molar-refractivity contribution in [3.63, 3.8) is 0 Å². The second kappa shape index (κ2) is 14.2. The Kier molecular flexibility index (Phi) is 10.4. The number of alkyl halides is 3. The van der Waals surface area contributed by atoms with Crippen LogP contribution in [0.2, 0.25) is 0 Å². The molecule has 7 nitrogen and oxygen atoms in total. The number of ether oxygens (including phenoxy) is 1. The van der Waals surface area contributed by atoms with E-state index in [1.165, 1.54) is 18.6 Å². The maximum absolute atomic E-state index is 13.8. The van der Waals surface area contributed by atoms with Crippen molar-refractivity contribution in [3.8, 4) is 11.4 Å². The molecule has 12 heteroatoms. The molecule has 230 valence electrons. The van der Waals surface area contributed by atoms with E-state index in [1.807, 2.05) is 24.3 Å². The summed E-state index contributed by atoms with van der Waals surface area (Å²) in [5.74, 6) is 0.347. The molecule has 1 saturated carbocycles. The number of rotatable bonds is 12. The third-order valence-electron chi connectivity index (χ3n) is 7.71. The molecular formula is C31H35F3N4O3S2. The van der Waals surface area contributed by atoms with Gasteiger partial charge in [-0.25, -0.2) is 4.98 Å². The van der Waals surface area contributed by atoms with Gasteiger partial charge in [0.2, 0.25) is 5.91 Å². The van der Waals surface area contributed by atoms with Crippen molar-refractivity contribution < 1.29 is 22.7 Å². The lowest BCUT2D eigenvalue weighted by atomic mass is 10.0. The molecule has 5 rings (SSSR count). The first-order valence-electron chi connectivity index (χ1n) is 14.6. The lowest BCUT2D eigenvalue weighted by Gasteiger charge is -2.30. The fourth-order valence-corrected chi connectivity index (χ4v) is 6.45. The van der Waals surface area contributed by atoms with Gasteiger partial charge in [-0.2, -0.15) is 13.2 Å². The Balaban J connectivity index is 1.09. The number of unbranched alkanes of at least 4 members (excludes halogenated alkanes) is 2. The van der Waals surface area contributed by atoms with Crippen LogP contribution >= 0.6 is 24.4 Å². The molecule has 2 heterocycles. The monoisotopic (exact) mass is 632 g/mol. The maximum atomic E-state index is 13.8. The number of nitrogens with zero attached hydrogens (tertiary/aromatic N) is 3. The molecule has 2 aliphatic rings. The standard InChI is InChI=1S/C31H35F3N4O3S2/c32-31(33,34)21-7-11-23(12-8-21)41-18-3-1-2-16-35-19-28(39)37-17-15-27-26(20-37)29(40)38(22-9-13-24(42)14-10-22)30(36-27)43-25-5-4-6-25/h7-14,25,35,42H,1-6,15-20H2. The number of thioether (sulfide) groups is 1. The Bertz CT molecular complexity index is 1460. The molecule has 43 heavy (non-hydrogen) atoms. The highest BCUT2D eigenvalue weighted by Gasteiger charge is 2.30. The number of nitrogens with one attached hydrogen (secondary N) is 1. The summed E-state index contributed by atoms with van der Waals surface area (Å²) in [6.07, 6.45) is 2.06. The molecule has 0 atom stereocenters. The highest BCUT2D eigenvalue weighted by Crippen LogP contribution is 2.36. The van der Waals surface area contributed by atoms with Crippen LogP contribution < -0.4 is 15.6 Å². The van der Waals surface area contributed by atoms with E-state index >= 15 is 0 Å². The number of carbonyl (C=O) groups excluding carboxylic acids is 1. The number of amides is 1. The van der Waals surface area contributed by atoms with Crippen LogP contribution in [0.3, 0.4) is 0 Å². The van der Waals surface area contributed by atoms with Gasteiger partial charge in [0.25, 0.3) is 5.56 Å². The number of hydrogen-bond donors (Lipinski definition) is 2. The SMILES string of the molecule is O=C(CNCCCCCOc1ccc(C(F)(F)F)cc1)N1CCc2nc(SC3CCC3)n(-c3ccc(S)cc3)c(=O)c2C1. The summed E-state index contributed by atoms with van der Waals surface area (Å²) in [7, 11) is 0. The van der Waals surface area contributed by atoms with Gasteiger partial charge >= 0.3 is 6.18 Å². The second-order valence-corrected chi connectivity index (χ2v) is 12.6. The van der Waals surface area contributed by atoms with Gasteiger partial charge in [-0.1, -0.05) is 18.2 Å². The van der Waals surface area contributed by atoms with Gasteiger partial charge in [0.1, 0.15) is 5.75 Å². The maximum Gasteiger partial charge on any atom is 0.416 e. The van der Waals surface area contributed by atoms with Crippen molar-refractivity contribution in [2.45, 2.75) is 73.0 Å². The van der Waals surface area contributed by atoms with Crippen molar-refractivity contribution in [2.24, 2.45) is 0 Å². The van der Waals surface area contributed by atoms with Gasteiger partial charge < -0.3 is 15.0 Å². The van der Waals surface area contributed by atoms with Crippen molar-refractivity contribution in [1.82, 2.24) is 19.8 Å². The minimum atomic E-state index is -4.36. The third kappa shape index (κ3) is 8.16. The molecule has 0 spiro atoms. The van der Waals surface area contributed by atoms with Crippen molar-refractivity contribution in [2.75, 3.05) is 26.2 Å². The quantitative estimate of drug-likeness (QED) is 0.147. The average Bonchev–Trinajstić information content (AvgIpc) is 2.96. The van der Waals surface area contributed by atoms with E-state index in [9.17, 15) is 22.8 Å². The van der Waals surface area contributed by atoms with E-state index in [4.69, 9.17) is 9.72 Å². The number of aromatic nitrogens is 2. The first-order chi connectivity index (χ1) is 20.7. The first kappa shape index (κ1) is 31.5. The van der Waals surface area contributed by atoms with Crippen molar-refractivity contribution in [3.05, 3.63) is 75.7 Å². The highest BCUT2D eigenvalue weighted by atomic mass is 32.2. The predicted octanol–water partition coefficient (Wildman–Crippen LogP) is 5.91. The van der Waals surface area contributed by atoms with Crippen molar-refractivity contribution in [1.29, 1.82) is 0 Å². The average molecular weight is 633 g/mol. The molecule has 1 fully saturated rings. The van der Waals surface area contributed by atoms with Crippen LogP contribution in [0.25, 0.3) is 5.69 Å². The summed E-state index contributed by atoms with van der Waals surface area (Å²) in [5, 5.41) is 4.37. The number of carbonyl (C=O) groups is 1. The minimum Gasteiger partial charge on any atom is -0.494 e. The number of benzene rings is 2. The fraction of sp³-hybridized carbons (Fsp3) is 0.452. The van der Waals surface area contributed by atoms with Gasteiger partial charge in [0.15, 0.2) is 5.16 Å². The van der Waals surface area contributed by atoms with E-state index in [-0.39, 0.29) is 24.6 Å². The molecule has 1 amide bonds. The fourth-order valence-electron chi connectivity index (χ4n) is 4.98. The van der Waals surface area contributed by atoms with E-state index in [2.05, 4.69) is 17.9 Å². The predicted molar refractivity (Wildman–Crippen MR) is 163 cm³/mol. The van der Waals surface area contributed by atoms with Crippen molar-refractivity contribution >= 4 is 30.3 Å². The topological polar surface area (TPSA) is 76.5 Å². The normalized spacial score (nSPS) is 15.2. The third-order valence-corrected chi connectivity index (χ3v) is 9.30. The largest absolute Gasteiger partial charge is 0.494 e. The van der Waals surface area contributed by atoms with Gasteiger partial charge in [0, 0.05) is 23.1 Å². The van der Waals surface area contributed by atoms with Gasteiger partial charge in [-0.3, -0.25) is 14.2 Å². The van der Waals surface area contributed by atoms with Crippen LogP contribution in [-0.4, -0.2) is 51.8 Å². The van der Waals surface area contributed by atoms with Crippen LogP contribution in [-0.2, 0) is 23.9 Å². The Morgan fingerprint density at radius 1 is 1.07 bits per heavy atom. The zero-order valence-corrected chi connectivity index (χ0v) is 25.4. The summed E-state index contributed by atoms with van der Waals surface area (Å²) in [5.41, 5.74) is 1.28. The van der Waals surface area contributed by atoms with Crippen LogP contribution in [0.4, 0.5) is 13.2 Å². The molecule has 1 aromatic heterocycles. The van der Waals surface area contributed by atoms with Crippen LogP contribution in [0.5, 0.6) is 5.75 Å². The molecule has 0 saturated heterocycles. The summed E-state index contributed by atoms with van der Waals surface area (Å²) in [6, 6.07) is 12.1. The van der Waals surface area contributed by atoms with Gasteiger partial charge in [-0.05, 0) is 87.2 Å². The van der Waals surface area contributed by atoms with Crippen LogP contribution in [0.15, 0.2) is 63.4 Å². The molecule has 0 bridgehead atoms. The van der Waals surface area contributed by atoms with E-state index in [0.29, 0.717) is 47.8 Å². The Morgan fingerprint density at radius 2 is 1.81 bits per heavy atom. The molecule has 0 radical (unpaired) electrons. The molecule has 1 aliphatic carbocycles. The summed E-state index contributed by atoms with van der Waals surface area (Å²) in [6.45, 7) is 1.99. The molecule has 1 aliphatic heterocycles. The Labute approximate surface area is 258 Å². The minimum absolute atomic E-state index is 0.0606. The lowest BCUT2D eigenvalue weighted by molar-refractivity contribution is -0.137. The Morgan fingerprint density at radius 3 is 2.49 bits per heavy atom. The zero-order chi connectivity index (χ0) is 30.4. The molecule has 1 N–H and O–H groups in total. The van der Waals surface area contributed by atoms with Gasteiger partial charge in [-0.15, -0.1) is 12.6 Å². The molecule has 0 unspecified atom stereocenters. The lowest BCUT2D eigenvalue weighted by Crippen LogP contribution is -2.44. The summed E-state index contributed by atoms with van der Waals surface area (Å²) < 4.78 is 45.2. The van der Waals surface area contributed by atoms with E-state index < -0.39 is 11.7 Å². The van der Waals surface area contributed by atoms with Gasteiger partial charge in [0.05, 0.1) is 42.2 Å². The second-order valence-electron chi connectivity index (χ2n) is 10.8. The number of halogens is 3. The molecule has 2 aromatic carbocycles. The van der Waals surface area contributed by atoms with Crippen LogP contribution in [0.1, 0.15) is 55.3 Å². The van der Waals surface area contributed by atoms with E-state index in [0.717, 1.165) is 60.5 Å². The zero-order valence-electron chi connectivity index (χ0n) is 23.7. The summed E-state index contributed by atoms with van der Waals surface area (Å²) in [4.78, 5) is 34.2. The number of fused-ring (bicyclic) bond motifs is 1. The highest BCUT2D eigenvalue weighted by molar-refractivity contribution is 7.99. The van der Waals surface area contributed by atoms with E-state index in [1.54, 1.807) is 21.2 Å². The smallest absolute Gasteiger partial charge is 0.416 e. The number of thiol groups is 1. The molecule has 3 aromatic rings. The number of hydrogen-bond acceptors (Lipinski definition) is 7. The summed E-state index contributed by atoms with van der Waals surface area (Å²) >= 11 is 6.04. The van der Waals surface area contributed by atoms with Crippen LogP contribution in [0, 0.1) is 0 Å². The molecular weight excluding hydrogens is 597 g/mol.